The van der Waals surface area contributed by atoms with E-state index in [1.165, 1.54) is 0 Å². The number of hydrogen-bond donors (Lipinski definition) is 0. The second kappa shape index (κ2) is 4.72. The summed E-state index contributed by atoms with van der Waals surface area (Å²) >= 11 is 0. The molecule has 0 aliphatic rings. The van der Waals surface area contributed by atoms with Crippen LogP contribution in [0.15, 0.2) is 0 Å². The zero-order valence-corrected chi connectivity index (χ0v) is 10.2. The van der Waals surface area contributed by atoms with Gasteiger partial charge in [0, 0.05) is 23.7 Å². The Bertz CT molecular complexity index is 221. The minimum atomic E-state index is -0.337. The molecule has 0 N–H and O–H groups in total. The van der Waals surface area contributed by atoms with Gasteiger partial charge in [-0.2, -0.15) is 0 Å². The van der Waals surface area contributed by atoms with E-state index in [4.69, 9.17) is 0 Å². The number of carbonyl (C=O) groups is 2. The van der Waals surface area contributed by atoms with Gasteiger partial charge in [0.15, 0.2) is 0 Å². The van der Waals surface area contributed by atoms with Gasteiger partial charge in [0.2, 0.25) is 0 Å². The van der Waals surface area contributed by atoms with Crippen LogP contribution in [0.25, 0.3) is 0 Å². The molecule has 0 aromatic rings. The molecule has 2 nitrogen and oxygen atoms in total. The molecule has 0 bridgehead atoms. The molecular formula is C12H22O2. The molecule has 0 heterocycles. The van der Waals surface area contributed by atoms with Crippen molar-refractivity contribution in [2.24, 2.45) is 17.3 Å². The van der Waals surface area contributed by atoms with E-state index in [0.29, 0.717) is 6.42 Å². The quantitative estimate of drug-likeness (QED) is 0.696. The SMILES string of the molecule is CC(C)C(=O)CC(C)C(=O)C(C)(C)C. The van der Waals surface area contributed by atoms with Crippen LogP contribution in [-0.2, 0) is 9.59 Å². The van der Waals surface area contributed by atoms with Crippen LogP contribution >= 0.6 is 0 Å². The van der Waals surface area contributed by atoms with Crippen LogP contribution < -0.4 is 0 Å². The Labute approximate surface area is 87.1 Å². The largest absolute Gasteiger partial charge is 0.299 e. The Hall–Kier alpha value is -0.660. The molecule has 2 heteroatoms. The Morgan fingerprint density at radius 3 is 1.79 bits per heavy atom. The molecule has 0 amide bonds. The molecular weight excluding hydrogens is 176 g/mol. The van der Waals surface area contributed by atoms with E-state index in [9.17, 15) is 9.59 Å². The molecule has 1 atom stereocenters. The highest BCUT2D eigenvalue weighted by atomic mass is 16.1. The van der Waals surface area contributed by atoms with Crippen molar-refractivity contribution in [1.29, 1.82) is 0 Å². The third-order valence-corrected chi connectivity index (χ3v) is 2.34. The fourth-order valence-corrected chi connectivity index (χ4v) is 1.37. The van der Waals surface area contributed by atoms with Gasteiger partial charge in [-0.25, -0.2) is 0 Å². The summed E-state index contributed by atoms with van der Waals surface area (Å²) in [5, 5.41) is 0. The molecule has 0 saturated carbocycles. The van der Waals surface area contributed by atoms with Gasteiger partial charge >= 0.3 is 0 Å². The van der Waals surface area contributed by atoms with E-state index in [0.717, 1.165) is 0 Å². The molecule has 0 rings (SSSR count). The fraction of sp³-hybridized carbons (Fsp3) is 0.833. The first kappa shape index (κ1) is 13.3. The maximum absolute atomic E-state index is 11.8. The predicted molar refractivity (Wildman–Crippen MR) is 58.1 cm³/mol. The van der Waals surface area contributed by atoms with Gasteiger partial charge in [-0.05, 0) is 0 Å². The molecule has 0 aliphatic carbocycles. The van der Waals surface area contributed by atoms with Crippen molar-refractivity contribution >= 4 is 11.6 Å². The lowest BCUT2D eigenvalue weighted by molar-refractivity contribution is -0.133. The zero-order chi connectivity index (χ0) is 11.5. The molecule has 0 aromatic heterocycles. The maximum Gasteiger partial charge on any atom is 0.141 e. The normalized spacial score (nSPS) is 14.2. The molecule has 0 fully saturated rings. The molecule has 14 heavy (non-hydrogen) atoms. The molecule has 0 aromatic carbocycles. The summed E-state index contributed by atoms with van der Waals surface area (Å²) in [4.78, 5) is 23.2. The number of hydrogen-bond acceptors (Lipinski definition) is 2. The van der Waals surface area contributed by atoms with Gasteiger partial charge < -0.3 is 0 Å². The Kier molecular flexibility index (Phi) is 4.50. The minimum absolute atomic E-state index is 0.0326. The highest BCUT2D eigenvalue weighted by Crippen LogP contribution is 2.22. The van der Waals surface area contributed by atoms with Crippen LogP contribution in [0.1, 0.15) is 48.0 Å². The number of rotatable bonds is 4. The molecule has 82 valence electrons. The highest BCUT2D eigenvalue weighted by Gasteiger charge is 2.28. The summed E-state index contributed by atoms with van der Waals surface area (Å²) in [6.07, 6.45) is 0.383. The van der Waals surface area contributed by atoms with E-state index < -0.39 is 0 Å². The van der Waals surface area contributed by atoms with Gasteiger partial charge in [-0.15, -0.1) is 0 Å². The predicted octanol–water partition coefficient (Wildman–Crippen LogP) is 2.85. The first-order valence-corrected chi connectivity index (χ1v) is 5.23. The topological polar surface area (TPSA) is 34.1 Å². The molecule has 0 radical (unpaired) electrons. The summed E-state index contributed by atoms with van der Waals surface area (Å²) in [6, 6.07) is 0. The standard InChI is InChI=1S/C12H22O2/c1-8(2)10(13)7-9(3)11(14)12(4,5)6/h8-9H,7H2,1-6H3. The summed E-state index contributed by atoms with van der Waals surface area (Å²) < 4.78 is 0. The average Bonchev–Trinajstić information content (AvgIpc) is 2.00. The van der Waals surface area contributed by atoms with Gasteiger partial charge in [0.05, 0.1) is 0 Å². The smallest absolute Gasteiger partial charge is 0.141 e. The van der Waals surface area contributed by atoms with E-state index >= 15 is 0 Å². The van der Waals surface area contributed by atoms with E-state index in [1.54, 1.807) is 0 Å². The van der Waals surface area contributed by atoms with Crippen LogP contribution in [0.4, 0.5) is 0 Å². The first-order valence-electron chi connectivity index (χ1n) is 5.23. The Morgan fingerprint density at radius 2 is 1.50 bits per heavy atom. The molecule has 0 spiro atoms. The van der Waals surface area contributed by atoms with Crippen molar-refractivity contribution in [2.75, 3.05) is 0 Å². The van der Waals surface area contributed by atoms with Crippen LogP contribution in [-0.4, -0.2) is 11.6 Å². The van der Waals surface area contributed by atoms with Crippen molar-refractivity contribution < 1.29 is 9.59 Å². The number of ketones is 2. The van der Waals surface area contributed by atoms with Crippen LogP contribution in [0.2, 0.25) is 0 Å². The van der Waals surface area contributed by atoms with Gasteiger partial charge in [0.1, 0.15) is 11.6 Å². The van der Waals surface area contributed by atoms with E-state index in [2.05, 4.69) is 0 Å². The van der Waals surface area contributed by atoms with Crippen LogP contribution in [0.5, 0.6) is 0 Å². The van der Waals surface area contributed by atoms with Crippen LogP contribution in [0.3, 0.4) is 0 Å². The summed E-state index contributed by atoms with van der Waals surface area (Å²) in [6.45, 7) is 11.3. The lowest BCUT2D eigenvalue weighted by Crippen LogP contribution is -2.29. The summed E-state index contributed by atoms with van der Waals surface area (Å²) in [5.74, 6) is 0.233. The zero-order valence-electron chi connectivity index (χ0n) is 10.2. The Balaban J connectivity index is 4.30. The Morgan fingerprint density at radius 1 is 1.07 bits per heavy atom. The fourth-order valence-electron chi connectivity index (χ4n) is 1.37. The first-order chi connectivity index (χ1) is 6.16. The maximum atomic E-state index is 11.8. The lowest BCUT2D eigenvalue weighted by Gasteiger charge is -2.21. The minimum Gasteiger partial charge on any atom is -0.299 e. The third-order valence-electron chi connectivity index (χ3n) is 2.34. The summed E-state index contributed by atoms with van der Waals surface area (Å²) in [7, 11) is 0. The number of Topliss-reactive ketones (excluding diaryl/α,β-unsaturated/α-hetero) is 2. The lowest BCUT2D eigenvalue weighted by atomic mass is 9.81. The molecule has 0 aliphatic heterocycles. The van der Waals surface area contributed by atoms with Crippen molar-refractivity contribution in [3.63, 3.8) is 0 Å². The van der Waals surface area contributed by atoms with Gasteiger partial charge in [0.25, 0.3) is 0 Å². The van der Waals surface area contributed by atoms with Gasteiger partial charge in [-0.3, -0.25) is 9.59 Å². The summed E-state index contributed by atoms with van der Waals surface area (Å²) in [5.41, 5.74) is -0.337. The highest BCUT2D eigenvalue weighted by molar-refractivity contribution is 5.91. The second-order valence-corrected chi connectivity index (χ2v) is 5.34. The van der Waals surface area contributed by atoms with E-state index in [-0.39, 0.29) is 28.8 Å². The van der Waals surface area contributed by atoms with Crippen molar-refractivity contribution in [3.05, 3.63) is 0 Å². The average molecular weight is 198 g/mol. The third kappa shape index (κ3) is 4.03. The van der Waals surface area contributed by atoms with Crippen molar-refractivity contribution in [3.8, 4) is 0 Å². The van der Waals surface area contributed by atoms with Crippen molar-refractivity contribution in [1.82, 2.24) is 0 Å². The molecule has 0 saturated heterocycles. The monoisotopic (exact) mass is 198 g/mol. The van der Waals surface area contributed by atoms with E-state index in [1.807, 2.05) is 41.5 Å². The molecule has 1 unspecified atom stereocenters. The van der Waals surface area contributed by atoms with Crippen LogP contribution in [0, 0.1) is 17.3 Å². The second-order valence-electron chi connectivity index (χ2n) is 5.34. The van der Waals surface area contributed by atoms with Crippen molar-refractivity contribution in [2.45, 2.75) is 48.0 Å². The number of carbonyl (C=O) groups excluding carboxylic acids is 2. The van der Waals surface area contributed by atoms with Gasteiger partial charge in [-0.1, -0.05) is 41.5 Å².